The Bertz CT molecular complexity index is 697. The minimum atomic E-state index is -0.0471. The molecular formula is C18H21ClN2O2. The first-order chi connectivity index (χ1) is 10.9. The standard InChI is InChI=1S/C18H21ClN2O2/c1-11(2)18(22)21-14-7-5-13(6-8-14)20-16-9-12(3)15(19)10-17(16)23-4/h5-11,20H,1-4H3,(H,21,22). The average molecular weight is 333 g/mol. The molecule has 0 fully saturated rings. The monoisotopic (exact) mass is 332 g/mol. The smallest absolute Gasteiger partial charge is 0.226 e. The van der Waals surface area contributed by atoms with E-state index >= 15 is 0 Å². The predicted octanol–water partition coefficient (Wildman–Crippen LogP) is 5.00. The fourth-order valence-corrected chi connectivity index (χ4v) is 2.16. The van der Waals surface area contributed by atoms with Crippen molar-refractivity contribution >= 4 is 34.6 Å². The van der Waals surface area contributed by atoms with E-state index in [9.17, 15) is 4.79 Å². The first kappa shape index (κ1) is 17.2. The van der Waals surface area contributed by atoms with Gasteiger partial charge in [0.2, 0.25) is 5.91 Å². The van der Waals surface area contributed by atoms with Crippen LogP contribution in [0.5, 0.6) is 5.75 Å². The molecule has 0 saturated carbocycles. The Kier molecular flexibility index (Phi) is 5.50. The predicted molar refractivity (Wildman–Crippen MR) is 95.9 cm³/mol. The highest BCUT2D eigenvalue weighted by atomic mass is 35.5. The van der Waals surface area contributed by atoms with Gasteiger partial charge >= 0.3 is 0 Å². The van der Waals surface area contributed by atoms with Crippen LogP contribution >= 0.6 is 11.6 Å². The van der Waals surface area contributed by atoms with Gasteiger partial charge in [-0.05, 0) is 42.8 Å². The summed E-state index contributed by atoms with van der Waals surface area (Å²) in [7, 11) is 1.61. The molecule has 0 saturated heterocycles. The maximum absolute atomic E-state index is 11.7. The molecule has 2 aromatic rings. The summed E-state index contributed by atoms with van der Waals surface area (Å²) < 4.78 is 5.35. The van der Waals surface area contributed by atoms with Crippen LogP contribution in [0.1, 0.15) is 19.4 Å². The molecule has 0 aliphatic heterocycles. The van der Waals surface area contributed by atoms with E-state index in [1.807, 2.05) is 51.1 Å². The first-order valence-corrected chi connectivity index (χ1v) is 7.80. The van der Waals surface area contributed by atoms with Crippen LogP contribution in [0, 0.1) is 12.8 Å². The quantitative estimate of drug-likeness (QED) is 0.810. The Balaban J connectivity index is 2.15. The highest BCUT2D eigenvalue weighted by Gasteiger charge is 2.09. The van der Waals surface area contributed by atoms with E-state index in [2.05, 4.69) is 10.6 Å². The second-order valence-electron chi connectivity index (χ2n) is 5.65. The number of hydrogen-bond donors (Lipinski definition) is 2. The topological polar surface area (TPSA) is 50.4 Å². The Hall–Kier alpha value is -2.20. The summed E-state index contributed by atoms with van der Waals surface area (Å²) >= 11 is 6.11. The number of halogens is 1. The van der Waals surface area contributed by atoms with Crippen LogP contribution < -0.4 is 15.4 Å². The van der Waals surface area contributed by atoms with Gasteiger partial charge in [0.15, 0.2) is 0 Å². The van der Waals surface area contributed by atoms with Gasteiger partial charge in [-0.2, -0.15) is 0 Å². The molecule has 0 bridgehead atoms. The Labute approximate surface area is 141 Å². The lowest BCUT2D eigenvalue weighted by Crippen LogP contribution is -2.17. The Morgan fingerprint density at radius 3 is 2.30 bits per heavy atom. The lowest BCUT2D eigenvalue weighted by Gasteiger charge is -2.14. The number of rotatable bonds is 5. The molecule has 0 aliphatic carbocycles. The average Bonchev–Trinajstić information content (AvgIpc) is 2.52. The van der Waals surface area contributed by atoms with Crippen molar-refractivity contribution in [3.05, 3.63) is 47.0 Å². The van der Waals surface area contributed by atoms with Crippen LogP contribution in [0.3, 0.4) is 0 Å². The number of amides is 1. The number of methoxy groups -OCH3 is 1. The summed E-state index contributed by atoms with van der Waals surface area (Å²) in [6.07, 6.45) is 0. The van der Waals surface area contributed by atoms with Gasteiger partial charge in [-0.15, -0.1) is 0 Å². The number of nitrogens with one attached hydrogen (secondary N) is 2. The van der Waals surface area contributed by atoms with E-state index in [0.29, 0.717) is 10.8 Å². The molecule has 4 nitrogen and oxygen atoms in total. The van der Waals surface area contributed by atoms with Crippen LogP contribution in [0.15, 0.2) is 36.4 Å². The van der Waals surface area contributed by atoms with Gasteiger partial charge in [-0.25, -0.2) is 0 Å². The highest BCUT2D eigenvalue weighted by Crippen LogP contribution is 2.33. The summed E-state index contributed by atoms with van der Waals surface area (Å²) in [5.41, 5.74) is 3.48. The van der Waals surface area contributed by atoms with Crippen molar-refractivity contribution in [3.8, 4) is 5.75 Å². The Morgan fingerprint density at radius 1 is 1.13 bits per heavy atom. The normalized spacial score (nSPS) is 10.5. The summed E-state index contributed by atoms with van der Waals surface area (Å²) in [4.78, 5) is 11.7. The van der Waals surface area contributed by atoms with Gasteiger partial charge < -0.3 is 15.4 Å². The third-order valence-corrected chi connectivity index (χ3v) is 3.84. The zero-order valence-corrected chi connectivity index (χ0v) is 14.5. The van der Waals surface area contributed by atoms with Crippen molar-refractivity contribution < 1.29 is 9.53 Å². The highest BCUT2D eigenvalue weighted by molar-refractivity contribution is 6.31. The lowest BCUT2D eigenvalue weighted by molar-refractivity contribution is -0.118. The molecule has 0 aliphatic rings. The van der Waals surface area contributed by atoms with E-state index < -0.39 is 0 Å². The zero-order valence-electron chi connectivity index (χ0n) is 13.7. The Morgan fingerprint density at radius 2 is 1.74 bits per heavy atom. The number of benzene rings is 2. The maximum atomic E-state index is 11.7. The van der Waals surface area contributed by atoms with Gasteiger partial charge in [0.25, 0.3) is 0 Å². The van der Waals surface area contributed by atoms with Crippen molar-refractivity contribution in [2.24, 2.45) is 5.92 Å². The molecule has 5 heteroatoms. The fourth-order valence-electron chi connectivity index (χ4n) is 2.01. The van der Waals surface area contributed by atoms with E-state index in [0.717, 1.165) is 22.6 Å². The molecule has 0 radical (unpaired) electrons. The maximum Gasteiger partial charge on any atom is 0.226 e. The molecule has 2 N–H and O–H groups in total. The second-order valence-corrected chi connectivity index (χ2v) is 6.06. The van der Waals surface area contributed by atoms with Crippen LogP contribution in [0.25, 0.3) is 0 Å². The zero-order chi connectivity index (χ0) is 17.0. The lowest BCUT2D eigenvalue weighted by atomic mass is 10.2. The minimum absolute atomic E-state index is 0.000652. The summed E-state index contributed by atoms with van der Waals surface area (Å²) in [5, 5.41) is 6.83. The molecule has 23 heavy (non-hydrogen) atoms. The largest absolute Gasteiger partial charge is 0.495 e. The third kappa shape index (κ3) is 4.39. The van der Waals surface area contributed by atoms with Crippen molar-refractivity contribution in [2.45, 2.75) is 20.8 Å². The van der Waals surface area contributed by atoms with Crippen LogP contribution in [-0.4, -0.2) is 13.0 Å². The summed E-state index contributed by atoms with van der Waals surface area (Å²) in [5.74, 6) is 0.632. The van der Waals surface area contributed by atoms with Crippen molar-refractivity contribution in [2.75, 3.05) is 17.7 Å². The van der Waals surface area contributed by atoms with Crippen molar-refractivity contribution in [1.29, 1.82) is 0 Å². The van der Waals surface area contributed by atoms with Crippen LogP contribution in [0.4, 0.5) is 17.1 Å². The molecular weight excluding hydrogens is 312 g/mol. The van der Waals surface area contributed by atoms with E-state index in [1.165, 1.54) is 0 Å². The number of ether oxygens (including phenoxy) is 1. The number of aryl methyl sites for hydroxylation is 1. The van der Waals surface area contributed by atoms with Gasteiger partial charge in [0.1, 0.15) is 5.75 Å². The second kappa shape index (κ2) is 7.38. The van der Waals surface area contributed by atoms with Crippen LogP contribution in [0.2, 0.25) is 5.02 Å². The molecule has 122 valence electrons. The number of anilines is 3. The molecule has 0 atom stereocenters. The number of carbonyl (C=O) groups is 1. The van der Waals surface area contributed by atoms with E-state index in [1.54, 1.807) is 13.2 Å². The summed E-state index contributed by atoms with van der Waals surface area (Å²) in [6.45, 7) is 5.66. The molecule has 0 unspecified atom stereocenters. The molecule has 2 aromatic carbocycles. The van der Waals surface area contributed by atoms with Gasteiger partial charge in [-0.1, -0.05) is 25.4 Å². The molecule has 2 rings (SSSR count). The van der Waals surface area contributed by atoms with Crippen molar-refractivity contribution in [1.82, 2.24) is 0 Å². The molecule has 1 amide bonds. The van der Waals surface area contributed by atoms with Gasteiger partial charge in [0.05, 0.1) is 12.8 Å². The van der Waals surface area contributed by atoms with Crippen LogP contribution in [-0.2, 0) is 4.79 Å². The first-order valence-electron chi connectivity index (χ1n) is 7.42. The third-order valence-electron chi connectivity index (χ3n) is 3.44. The number of carbonyl (C=O) groups excluding carboxylic acids is 1. The summed E-state index contributed by atoms with van der Waals surface area (Å²) in [6, 6.07) is 11.3. The van der Waals surface area contributed by atoms with Gasteiger partial charge in [-0.3, -0.25) is 4.79 Å². The van der Waals surface area contributed by atoms with E-state index in [4.69, 9.17) is 16.3 Å². The van der Waals surface area contributed by atoms with E-state index in [-0.39, 0.29) is 11.8 Å². The molecule has 0 spiro atoms. The molecule has 0 heterocycles. The number of hydrogen-bond acceptors (Lipinski definition) is 3. The van der Waals surface area contributed by atoms with Gasteiger partial charge in [0, 0.05) is 28.4 Å². The SMILES string of the molecule is COc1cc(Cl)c(C)cc1Nc1ccc(NC(=O)C(C)C)cc1. The minimum Gasteiger partial charge on any atom is -0.495 e. The fraction of sp³-hybridized carbons (Fsp3) is 0.278. The van der Waals surface area contributed by atoms with Crippen molar-refractivity contribution in [3.63, 3.8) is 0 Å². The molecule has 0 aromatic heterocycles.